The molecule has 5 heteroatoms. The molecule has 1 heterocycles. The van der Waals surface area contributed by atoms with Crippen LogP contribution in [0.15, 0.2) is 18.2 Å². The predicted octanol–water partition coefficient (Wildman–Crippen LogP) is 0.526. The summed E-state index contributed by atoms with van der Waals surface area (Å²) in [5.41, 5.74) is 2.54. The zero-order valence-corrected chi connectivity index (χ0v) is 9.56. The second-order valence-electron chi connectivity index (χ2n) is 4.00. The zero-order valence-electron chi connectivity index (χ0n) is 9.56. The van der Waals surface area contributed by atoms with Crippen LogP contribution in [0.25, 0.3) is 0 Å². The van der Waals surface area contributed by atoms with E-state index < -0.39 is 6.61 Å². The van der Waals surface area contributed by atoms with Gasteiger partial charge in [0.1, 0.15) is 6.61 Å². The first kappa shape index (κ1) is 11.6. The molecule has 90 valence electrons. The number of amides is 2. The Kier molecular flexibility index (Phi) is 3.10. The first-order valence-corrected chi connectivity index (χ1v) is 5.42. The van der Waals surface area contributed by atoms with Gasteiger partial charge >= 0.3 is 0 Å². The van der Waals surface area contributed by atoms with Gasteiger partial charge in [0.2, 0.25) is 5.91 Å². The molecule has 0 atom stereocenters. The number of anilines is 2. The van der Waals surface area contributed by atoms with E-state index in [9.17, 15) is 9.59 Å². The van der Waals surface area contributed by atoms with Crippen LogP contribution in [0.4, 0.5) is 11.4 Å². The van der Waals surface area contributed by atoms with E-state index in [2.05, 4.69) is 5.32 Å². The molecule has 1 aromatic carbocycles. The predicted molar refractivity (Wildman–Crippen MR) is 63.9 cm³/mol. The lowest BCUT2D eigenvalue weighted by Gasteiger charge is -2.21. The van der Waals surface area contributed by atoms with E-state index in [1.54, 1.807) is 19.2 Å². The molecular formula is C12H14N2O3. The van der Waals surface area contributed by atoms with Crippen molar-refractivity contribution in [1.82, 2.24) is 0 Å². The average molecular weight is 234 g/mol. The number of nitrogens with one attached hydrogen (secondary N) is 1. The molecule has 2 amide bonds. The lowest BCUT2D eigenvalue weighted by molar-refractivity contribution is -0.121. The third kappa shape index (κ3) is 2.29. The Morgan fingerprint density at radius 1 is 1.47 bits per heavy atom. The van der Waals surface area contributed by atoms with Crippen LogP contribution in [-0.2, 0) is 16.0 Å². The van der Waals surface area contributed by atoms with Crippen LogP contribution in [0.5, 0.6) is 0 Å². The van der Waals surface area contributed by atoms with Crippen LogP contribution < -0.4 is 10.2 Å². The summed E-state index contributed by atoms with van der Waals surface area (Å²) in [4.78, 5) is 23.9. The first-order valence-electron chi connectivity index (χ1n) is 5.42. The summed E-state index contributed by atoms with van der Waals surface area (Å²) in [7, 11) is 1.61. The molecule has 2 rings (SSSR count). The summed E-state index contributed by atoms with van der Waals surface area (Å²) >= 11 is 0. The highest BCUT2D eigenvalue weighted by molar-refractivity contribution is 5.96. The molecule has 0 bridgehead atoms. The summed E-state index contributed by atoms with van der Waals surface area (Å²) < 4.78 is 0. The van der Waals surface area contributed by atoms with Gasteiger partial charge in [-0.1, -0.05) is 0 Å². The van der Waals surface area contributed by atoms with Crippen molar-refractivity contribution in [2.45, 2.75) is 12.8 Å². The molecule has 0 saturated heterocycles. The van der Waals surface area contributed by atoms with Crippen LogP contribution in [-0.4, -0.2) is 30.6 Å². The number of carbonyl (C=O) groups is 2. The normalized spacial score (nSPS) is 13.9. The van der Waals surface area contributed by atoms with Gasteiger partial charge in [-0.3, -0.25) is 9.59 Å². The molecule has 1 aliphatic heterocycles. The smallest absolute Gasteiger partial charge is 0.252 e. The number of aliphatic hydroxyl groups excluding tert-OH is 1. The molecule has 17 heavy (non-hydrogen) atoms. The first-order chi connectivity index (χ1) is 8.11. The Balaban J connectivity index is 2.28. The van der Waals surface area contributed by atoms with Gasteiger partial charge < -0.3 is 15.3 Å². The minimum Gasteiger partial charge on any atom is -0.387 e. The van der Waals surface area contributed by atoms with Crippen molar-refractivity contribution in [2.24, 2.45) is 0 Å². The Hall–Kier alpha value is -1.88. The number of rotatable bonds is 2. The highest BCUT2D eigenvalue weighted by atomic mass is 16.3. The third-order valence-electron chi connectivity index (χ3n) is 2.88. The van der Waals surface area contributed by atoms with Gasteiger partial charge in [0.05, 0.1) is 0 Å². The molecule has 2 N–H and O–H groups in total. The van der Waals surface area contributed by atoms with Crippen LogP contribution in [0, 0.1) is 0 Å². The van der Waals surface area contributed by atoms with E-state index in [4.69, 9.17) is 5.11 Å². The largest absolute Gasteiger partial charge is 0.387 e. The highest BCUT2D eigenvalue weighted by Crippen LogP contribution is 2.27. The van der Waals surface area contributed by atoms with Gasteiger partial charge in [0.25, 0.3) is 5.91 Å². The number of aliphatic hydroxyl groups is 1. The van der Waals surface area contributed by atoms with Crippen molar-refractivity contribution in [1.29, 1.82) is 0 Å². The van der Waals surface area contributed by atoms with E-state index >= 15 is 0 Å². The molecular weight excluding hydrogens is 220 g/mol. The van der Waals surface area contributed by atoms with Gasteiger partial charge in [-0.05, 0) is 30.2 Å². The number of aryl methyl sites for hydroxylation is 1. The molecule has 0 fully saturated rings. The van der Waals surface area contributed by atoms with E-state index in [0.29, 0.717) is 12.8 Å². The molecule has 0 saturated carbocycles. The maximum absolute atomic E-state index is 11.3. The number of nitrogens with zero attached hydrogens (tertiary/aromatic N) is 1. The highest BCUT2D eigenvalue weighted by Gasteiger charge is 2.17. The number of hydrogen-bond acceptors (Lipinski definition) is 3. The summed E-state index contributed by atoms with van der Waals surface area (Å²) in [6.07, 6.45) is 1.14. The number of benzene rings is 1. The summed E-state index contributed by atoms with van der Waals surface area (Å²) in [6.45, 7) is -0.510. The number of carbonyl (C=O) groups excluding carboxylic acids is 2. The SMILES string of the molecule is CN(C(=O)CO)c1ccc2c(c1)CCC(=O)N2. The minimum atomic E-state index is -0.510. The average Bonchev–Trinajstić information content (AvgIpc) is 2.36. The van der Waals surface area contributed by atoms with E-state index in [-0.39, 0.29) is 11.8 Å². The zero-order chi connectivity index (χ0) is 12.4. The lowest BCUT2D eigenvalue weighted by atomic mass is 10.0. The maximum atomic E-state index is 11.3. The summed E-state index contributed by atoms with van der Waals surface area (Å²) in [5.74, 6) is -0.338. The standard InChI is InChI=1S/C12H14N2O3/c1-14(12(17)7-15)9-3-4-10-8(6-9)2-5-11(16)13-10/h3-4,6,15H,2,5,7H2,1H3,(H,13,16). The molecule has 0 spiro atoms. The summed E-state index contributed by atoms with van der Waals surface area (Å²) in [6, 6.07) is 5.39. The van der Waals surface area contributed by atoms with Crippen LogP contribution >= 0.6 is 0 Å². The minimum absolute atomic E-state index is 0.0186. The van der Waals surface area contributed by atoms with Gasteiger partial charge in [0.15, 0.2) is 0 Å². The monoisotopic (exact) mass is 234 g/mol. The Morgan fingerprint density at radius 3 is 2.94 bits per heavy atom. The van der Waals surface area contributed by atoms with E-state index in [1.807, 2.05) is 6.07 Å². The topological polar surface area (TPSA) is 69.6 Å². The number of fused-ring (bicyclic) bond motifs is 1. The van der Waals surface area contributed by atoms with Crippen LogP contribution in [0.3, 0.4) is 0 Å². The fourth-order valence-electron chi connectivity index (χ4n) is 1.83. The Labute approximate surface area is 99.0 Å². The van der Waals surface area contributed by atoms with Gasteiger partial charge in [-0.15, -0.1) is 0 Å². The van der Waals surface area contributed by atoms with Gasteiger partial charge in [-0.25, -0.2) is 0 Å². The van der Waals surface area contributed by atoms with Crippen molar-refractivity contribution in [3.63, 3.8) is 0 Å². The Bertz CT molecular complexity index is 471. The maximum Gasteiger partial charge on any atom is 0.252 e. The van der Waals surface area contributed by atoms with Crippen molar-refractivity contribution < 1.29 is 14.7 Å². The van der Waals surface area contributed by atoms with Gasteiger partial charge in [0, 0.05) is 24.8 Å². The van der Waals surface area contributed by atoms with Crippen LogP contribution in [0.2, 0.25) is 0 Å². The number of likely N-dealkylation sites (N-methyl/N-ethyl adjacent to an activating group) is 1. The number of hydrogen-bond donors (Lipinski definition) is 2. The molecule has 5 nitrogen and oxygen atoms in total. The van der Waals surface area contributed by atoms with Crippen molar-refractivity contribution in [3.8, 4) is 0 Å². The molecule has 0 aromatic heterocycles. The fraction of sp³-hybridized carbons (Fsp3) is 0.333. The third-order valence-corrected chi connectivity index (χ3v) is 2.88. The molecule has 0 radical (unpaired) electrons. The molecule has 0 aliphatic carbocycles. The second kappa shape index (κ2) is 4.55. The molecule has 0 unspecified atom stereocenters. The van der Waals surface area contributed by atoms with Gasteiger partial charge in [-0.2, -0.15) is 0 Å². The van der Waals surface area contributed by atoms with Crippen molar-refractivity contribution in [3.05, 3.63) is 23.8 Å². The van der Waals surface area contributed by atoms with E-state index in [1.165, 1.54) is 4.90 Å². The summed E-state index contributed by atoms with van der Waals surface area (Å²) in [5, 5.41) is 11.6. The van der Waals surface area contributed by atoms with Crippen molar-refractivity contribution in [2.75, 3.05) is 23.9 Å². The van der Waals surface area contributed by atoms with Crippen molar-refractivity contribution >= 4 is 23.2 Å². The van der Waals surface area contributed by atoms with Crippen LogP contribution in [0.1, 0.15) is 12.0 Å². The molecule has 1 aliphatic rings. The Morgan fingerprint density at radius 2 is 2.24 bits per heavy atom. The second-order valence-corrected chi connectivity index (χ2v) is 4.00. The fourth-order valence-corrected chi connectivity index (χ4v) is 1.83. The van der Waals surface area contributed by atoms with E-state index in [0.717, 1.165) is 16.9 Å². The molecule has 1 aromatic rings. The quantitative estimate of drug-likeness (QED) is 0.784. The lowest BCUT2D eigenvalue weighted by Crippen LogP contribution is -2.29.